The molecule has 0 amide bonds. The lowest BCUT2D eigenvalue weighted by Gasteiger charge is -2.44. The van der Waals surface area contributed by atoms with Crippen LogP contribution < -0.4 is 11.3 Å². The van der Waals surface area contributed by atoms with Crippen LogP contribution in [0.4, 0.5) is 0 Å². The second-order valence-corrected chi connectivity index (χ2v) is 6.01. The quantitative estimate of drug-likeness (QED) is 0.596. The number of nitrogens with one attached hydrogen (secondary N) is 1. The summed E-state index contributed by atoms with van der Waals surface area (Å²) in [5, 5.41) is 0. The summed E-state index contributed by atoms with van der Waals surface area (Å²) in [6.07, 6.45) is 4.74. The fourth-order valence-corrected chi connectivity index (χ4v) is 3.06. The smallest absolute Gasteiger partial charge is 0.0449 e. The number of aromatic nitrogens is 1. The van der Waals surface area contributed by atoms with E-state index in [9.17, 15) is 0 Å². The van der Waals surface area contributed by atoms with Gasteiger partial charge in [0.1, 0.15) is 0 Å². The third-order valence-corrected chi connectivity index (χ3v) is 4.64. The van der Waals surface area contributed by atoms with E-state index in [2.05, 4.69) is 59.2 Å². The number of hydrazine groups is 1. The average molecular weight is 329 g/mol. The third-order valence-electron chi connectivity index (χ3n) is 4.17. The van der Waals surface area contributed by atoms with Gasteiger partial charge in [0.05, 0.1) is 0 Å². The average Bonchev–Trinajstić information content (AvgIpc) is 2.41. The molecule has 0 aliphatic heterocycles. The Balaban J connectivity index is 2.95. The number of pyridine rings is 1. The van der Waals surface area contributed by atoms with Crippen LogP contribution >= 0.6 is 15.9 Å². The summed E-state index contributed by atoms with van der Waals surface area (Å²) < 4.78 is 0.998. The highest BCUT2D eigenvalue weighted by molar-refractivity contribution is 9.10. The second kappa shape index (κ2) is 7.33. The van der Waals surface area contributed by atoms with Crippen LogP contribution in [0.1, 0.15) is 32.4 Å². The van der Waals surface area contributed by atoms with Gasteiger partial charge in [-0.2, -0.15) is 0 Å². The summed E-state index contributed by atoms with van der Waals surface area (Å²) in [6.45, 7) is 4.42. The molecule has 0 radical (unpaired) electrons. The zero-order valence-electron chi connectivity index (χ0n) is 12.3. The molecule has 0 aliphatic carbocycles. The summed E-state index contributed by atoms with van der Waals surface area (Å²) >= 11 is 3.41. The molecule has 1 rings (SSSR count). The van der Waals surface area contributed by atoms with Gasteiger partial charge in [-0.25, -0.2) is 0 Å². The molecular formula is C14H25BrN4. The van der Waals surface area contributed by atoms with Crippen LogP contribution in [0.15, 0.2) is 22.8 Å². The van der Waals surface area contributed by atoms with Crippen molar-refractivity contribution in [3.8, 4) is 0 Å². The van der Waals surface area contributed by atoms with Gasteiger partial charge in [0.2, 0.25) is 0 Å². The van der Waals surface area contributed by atoms with Crippen molar-refractivity contribution < 1.29 is 0 Å². The lowest BCUT2D eigenvalue weighted by molar-refractivity contribution is 0.0878. The van der Waals surface area contributed by atoms with E-state index >= 15 is 0 Å². The van der Waals surface area contributed by atoms with Gasteiger partial charge < -0.3 is 4.90 Å². The van der Waals surface area contributed by atoms with Crippen molar-refractivity contribution >= 4 is 15.9 Å². The highest BCUT2D eigenvalue weighted by atomic mass is 79.9. The molecule has 0 aliphatic rings. The molecule has 19 heavy (non-hydrogen) atoms. The van der Waals surface area contributed by atoms with E-state index in [0.717, 1.165) is 29.4 Å². The minimum absolute atomic E-state index is 0.0451. The monoisotopic (exact) mass is 328 g/mol. The van der Waals surface area contributed by atoms with E-state index in [1.807, 2.05) is 18.3 Å². The van der Waals surface area contributed by atoms with E-state index in [0.29, 0.717) is 0 Å². The molecule has 0 aromatic carbocycles. The molecule has 3 N–H and O–H groups in total. The first-order valence-corrected chi connectivity index (χ1v) is 7.53. The first-order valence-electron chi connectivity index (χ1n) is 6.74. The standard InChI is InChI=1S/C14H25BrN4/c1-5-14(6-2,19(3)4)13(18-16)9-12-8-7-11(15)10-17-12/h7-8,10,13,18H,5-6,9,16H2,1-4H3. The van der Waals surface area contributed by atoms with Crippen molar-refractivity contribution in [1.29, 1.82) is 0 Å². The van der Waals surface area contributed by atoms with Crippen molar-refractivity contribution in [3.63, 3.8) is 0 Å². The highest BCUT2D eigenvalue weighted by Crippen LogP contribution is 2.27. The molecule has 0 spiro atoms. The normalized spacial score (nSPS) is 13.8. The van der Waals surface area contributed by atoms with E-state index in [4.69, 9.17) is 5.84 Å². The van der Waals surface area contributed by atoms with E-state index in [1.165, 1.54) is 0 Å². The zero-order chi connectivity index (χ0) is 14.5. The molecule has 1 heterocycles. The zero-order valence-corrected chi connectivity index (χ0v) is 13.9. The maximum absolute atomic E-state index is 5.81. The van der Waals surface area contributed by atoms with Gasteiger partial charge in [-0.3, -0.25) is 16.3 Å². The molecule has 1 aromatic heterocycles. The minimum atomic E-state index is 0.0451. The van der Waals surface area contributed by atoms with Crippen molar-refractivity contribution in [2.45, 2.75) is 44.7 Å². The topological polar surface area (TPSA) is 54.2 Å². The van der Waals surface area contributed by atoms with E-state index < -0.39 is 0 Å². The molecule has 1 aromatic rings. The minimum Gasteiger partial charge on any atom is -0.302 e. The molecule has 108 valence electrons. The molecule has 0 saturated carbocycles. The summed E-state index contributed by atoms with van der Waals surface area (Å²) in [7, 11) is 4.23. The van der Waals surface area contributed by atoms with Gasteiger partial charge in [0, 0.05) is 34.4 Å². The van der Waals surface area contributed by atoms with Gasteiger partial charge in [0.25, 0.3) is 0 Å². The van der Waals surface area contributed by atoms with E-state index in [1.54, 1.807) is 0 Å². The summed E-state index contributed by atoms with van der Waals surface area (Å²) in [4.78, 5) is 6.72. The Hall–Kier alpha value is -0.490. The van der Waals surface area contributed by atoms with E-state index in [-0.39, 0.29) is 11.6 Å². The summed E-state index contributed by atoms with van der Waals surface area (Å²) in [5.74, 6) is 5.81. The summed E-state index contributed by atoms with van der Waals surface area (Å²) in [6, 6.07) is 4.23. The Morgan fingerprint density at radius 2 is 2.00 bits per heavy atom. The van der Waals surface area contributed by atoms with Crippen LogP contribution in [0.3, 0.4) is 0 Å². The Morgan fingerprint density at radius 1 is 1.37 bits per heavy atom. The maximum Gasteiger partial charge on any atom is 0.0449 e. The predicted molar refractivity (Wildman–Crippen MR) is 83.8 cm³/mol. The molecular weight excluding hydrogens is 304 g/mol. The molecule has 0 saturated heterocycles. The molecule has 1 unspecified atom stereocenters. The Morgan fingerprint density at radius 3 is 2.37 bits per heavy atom. The van der Waals surface area contributed by atoms with Crippen molar-refractivity contribution in [3.05, 3.63) is 28.5 Å². The van der Waals surface area contributed by atoms with Gasteiger partial charge in [0.15, 0.2) is 0 Å². The van der Waals surface area contributed by atoms with Crippen molar-refractivity contribution in [2.75, 3.05) is 14.1 Å². The number of likely N-dealkylation sites (N-methyl/N-ethyl adjacent to an activating group) is 1. The van der Waals surface area contributed by atoms with Gasteiger partial charge in [-0.15, -0.1) is 0 Å². The van der Waals surface area contributed by atoms with Crippen LogP contribution in [-0.2, 0) is 6.42 Å². The van der Waals surface area contributed by atoms with Crippen LogP contribution in [0.5, 0.6) is 0 Å². The predicted octanol–water partition coefficient (Wildman–Crippen LogP) is 2.34. The van der Waals surface area contributed by atoms with Gasteiger partial charge in [-0.1, -0.05) is 13.8 Å². The highest BCUT2D eigenvalue weighted by Gasteiger charge is 2.37. The Bertz CT molecular complexity index is 374. The fraction of sp³-hybridized carbons (Fsp3) is 0.643. The molecule has 1 atom stereocenters. The largest absolute Gasteiger partial charge is 0.302 e. The Labute approximate surface area is 124 Å². The van der Waals surface area contributed by atoms with Crippen LogP contribution in [0.2, 0.25) is 0 Å². The third kappa shape index (κ3) is 3.75. The fourth-order valence-electron chi connectivity index (χ4n) is 2.83. The van der Waals surface area contributed by atoms with Crippen LogP contribution in [0.25, 0.3) is 0 Å². The second-order valence-electron chi connectivity index (χ2n) is 5.10. The maximum atomic E-state index is 5.81. The lowest BCUT2D eigenvalue weighted by atomic mass is 9.81. The van der Waals surface area contributed by atoms with Gasteiger partial charge in [-0.05, 0) is 55.0 Å². The van der Waals surface area contributed by atoms with Crippen molar-refractivity contribution in [2.24, 2.45) is 5.84 Å². The molecule has 4 nitrogen and oxygen atoms in total. The molecule has 0 fully saturated rings. The number of hydrogen-bond donors (Lipinski definition) is 2. The first kappa shape index (κ1) is 16.6. The first-order chi connectivity index (χ1) is 9.00. The number of nitrogens with two attached hydrogens (primary N) is 1. The lowest BCUT2D eigenvalue weighted by Crippen LogP contribution is -2.61. The van der Waals surface area contributed by atoms with Gasteiger partial charge >= 0.3 is 0 Å². The number of nitrogens with zero attached hydrogens (tertiary/aromatic N) is 2. The molecule has 0 bridgehead atoms. The SMILES string of the molecule is CCC(CC)(C(Cc1ccc(Br)cn1)NN)N(C)C. The number of hydrogen-bond acceptors (Lipinski definition) is 4. The van der Waals surface area contributed by atoms with Crippen molar-refractivity contribution in [1.82, 2.24) is 15.3 Å². The summed E-state index contributed by atoms with van der Waals surface area (Å²) in [5.41, 5.74) is 4.10. The van der Waals surface area contributed by atoms with Crippen LogP contribution in [0, 0.1) is 0 Å². The number of halogens is 1. The molecule has 5 heteroatoms. The Kier molecular flexibility index (Phi) is 6.39. The van der Waals surface area contributed by atoms with Crippen LogP contribution in [-0.4, -0.2) is 35.6 Å². The number of rotatable bonds is 7.